The molecule has 0 spiro atoms. The van der Waals surface area contributed by atoms with Gasteiger partial charge in [0.25, 0.3) is 0 Å². The number of carbonyl (C=O) groups excluding carboxylic acids is 1. The number of hydrogen-bond donors (Lipinski definition) is 1. The lowest BCUT2D eigenvalue weighted by molar-refractivity contribution is -0.138. The Morgan fingerprint density at radius 3 is 2.56 bits per heavy atom. The third-order valence-corrected chi connectivity index (χ3v) is 6.41. The number of halogens is 2. The van der Waals surface area contributed by atoms with Gasteiger partial charge in [0.2, 0.25) is 5.91 Å². The van der Waals surface area contributed by atoms with Gasteiger partial charge in [-0.2, -0.15) is 0 Å². The summed E-state index contributed by atoms with van der Waals surface area (Å²) in [6.45, 7) is 4.51. The zero-order chi connectivity index (χ0) is 19.7. The predicted molar refractivity (Wildman–Crippen MR) is 110 cm³/mol. The van der Waals surface area contributed by atoms with Crippen molar-refractivity contribution in [2.75, 3.05) is 4.90 Å². The van der Waals surface area contributed by atoms with Crippen LogP contribution in [0.4, 0.5) is 5.69 Å². The van der Waals surface area contributed by atoms with Crippen molar-refractivity contribution in [3.05, 3.63) is 57.6 Å². The molecule has 0 aromatic heterocycles. The summed E-state index contributed by atoms with van der Waals surface area (Å²) in [6, 6.07) is 11.2. The molecule has 4 nitrogen and oxygen atoms in total. The lowest BCUT2D eigenvalue weighted by atomic mass is 10.0. The lowest BCUT2D eigenvalue weighted by Gasteiger charge is -2.34. The van der Waals surface area contributed by atoms with Gasteiger partial charge in [-0.25, -0.2) is 0 Å². The van der Waals surface area contributed by atoms with Crippen LogP contribution in [0, 0.1) is 0 Å². The average Bonchev–Trinajstić information content (AvgIpc) is 2.60. The van der Waals surface area contributed by atoms with Crippen LogP contribution in [0.15, 0.2) is 41.3 Å². The molecule has 0 saturated heterocycles. The maximum Gasteiger partial charge on any atom is 0.305 e. The van der Waals surface area contributed by atoms with Gasteiger partial charge in [0.05, 0.1) is 33.9 Å². The Hall–Kier alpha value is -1.69. The van der Waals surface area contributed by atoms with Crippen LogP contribution in [0.1, 0.15) is 37.3 Å². The molecule has 7 heteroatoms. The molecule has 0 fully saturated rings. The second kappa shape index (κ2) is 8.13. The van der Waals surface area contributed by atoms with Crippen LogP contribution in [-0.2, 0) is 16.1 Å². The second-order valence-corrected chi connectivity index (χ2v) is 8.82. The minimum Gasteiger partial charge on any atom is -0.481 e. The van der Waals surface area contributed by atoms with Crippen LogP contribution >= 0.6 is 35.0 Å². The Morgan fingerprint density at radius 2 is 1.93 bits per heavy atom. The lowest BCUT2D eigenvalue weighted by Crippen LogP contribution is -2.41. The molecule has 1 aliphatic rings. The largest absolute Gasteiger partial charge is 0.481 e. The molecule has 1 heterocycles. The van der Waals surface area contributed by atoms with E-state index in [1.54, 1.807) is 17.0 Å². The standard InChI is InChI=1S/C20H19Cl2NO3S/c1-11(2)13-4-6-16-17(8-13)27-18(9-19(24)25)20(26)23(16)10-12-3-5-14(21)15(22)7-12/h3-8,11,18H,9-10H2,1-2H3,(H,24,25). The first kappa shape index (κ1) is 20.1. The molecule has 27 heavy (non-hydrogen) atoms. The number of fused-ring (bicyclic) bond motifs is 1. The normalized spacial score (nSPS) is 16.6. The Morgan fingerprint density at radius 1 is 1.19 bits per heavy atom. The van der Waals surface area contributed by atoms with E-state index in [-0.39, 0.29) is 12.3 Å². The summed E-state index contributed by atoms with van der Waals surface area (Å²) in [5.74, 6) is -0.855. The third-order valence-electron chi connectivity index (χ3n) is 4.44. The fourth-order valence-corrected chi connectivity index (χ4v) is 4.56. The highest BCUT2D eigenvalue weighted by Gasteiger charge is 2.35. The number of thioether (sulfide) groups is 1. The van der Waals surface area contributed by atoms with E-state index < -0.39 is 11.2 Å². The summed E-state index contributed by atoms with van der Waals surface area (Å²) in [7, 11) is 0. The minimum absolute atomic E-state index is 0.210. The van der Waals surface area contributed by atoms with Crippen molar-refractivity contribution in [1.29, 1.82) is 0 Å². The highest BCUT2D eigenvalue weighted by atomic mass is 35.5. The van der Waals surface area contributed by atoms with Crippen LogP contribution in [-0.4, -0.2) is 22.2 Å². The van der Waals surface area contributed by atoms with E-state index in [9.17, 15) is 14.7 Å². The summed E-state index contributed by atoms with van der Waals surface area (Å²) < 4.78 is 0. The van der Waals surface area contributed by atoms with Crippen molar-refractivity contribution in [3.63, 3.8) is 0 Å². The van der Waals surface area contributed by atoms with Crippen molar-refractivity contribution < 1.29 is 14.7 Å². The highest BCUT2D eigenvalue weighted by Crippen LogP contribution is 2.42. The van der Waals surface area contributed by atoms with Crippen LogP contribution in [0.3, 0.4) is 0 Å². The van der Waals surface area contributed by atoms with E-state index in [2.05, 4.69) is 13.8 Å². The van der Waals surface area contributed by atoms with E-state index in [1.807, 2.05) is 24.3 Å². The van der Waals surface area contributed by atoms with Crippen LogP contribution in [0.2, 0.25) is 10.0 Å². The first-order valence-corrected chi connectivity index (χ1v) is 10.2. The van der Waals surface area contributed by atoms with Crippen LogP contribution in [0.5, 0.6) is 0 Å². The zero-order valence-electron chi connectivity index (χ0n) is 14.9. The Kier molecular flexibility index (Phi) is 6.04. The number of hydrogen-bond acceptors (Lipinski definition) is 3. The maximum atomic E-state index is 13.0. The van der Waals surface area contributed by atoms with Crippen molar-refractivity contribution in [2.45, 2.75) is 42.9 Å². The number of carboxylic acids is 1. The molecule has 142 valence electrons. The van der Waals surface area contributed by atoms with Gasteiger partial charge < -0.3 is 10.0 Å². The molecule has 0 radical (unpaired) electrons. The summed E-state index contributed by atoms with van der Waals surface area (Å²) in [6.07, 6.45) is -0.216. The summed E-state index contributed by atoms with van der Waals surface area (Å²) >= 11 is 13.4. The zero-order valence-corrected chi connectivity index (χ0v) is 17.2. The maximum absolute atomic E-state index is 13.0. The number of amides is 1. The van der Waals surface area contributed by atoms with Gasteiger partial charge >= 0.3 is 5.97 Å². The van der Waals surface area contributed by atoms with E-state index in [4.69, 9.17) is 23.2 Å². The number of benzene rings is 2. The molecule has 2 aromatic rings. The number of aliphatic carboxylic acids is 1. The van der Waals surface area contributed by atoms with Gasteiger partial charge in [-0.3, -0.25) is 9.59 Å². The Balaban J connectivity index is 2.00. The Bertz CT molecular complexity index is 901. The van der Waals surface area contributed by atoms with E-state index >= 15 is 0 Å². The first-order chi connectivity index (χ1) is 12.8. The molecule has 1 aliphatic heterocycles. The van der Waals surface area contributed by atoms with Gasteiger partial charge in [-0.1, -0.05) is 49.2 Å². The predicted octanol–water partition coefficient (Wildman–Crippen LogP) is 5.60. The molecule has 2 aromatic carbocycles. The van der Waals surface area contributed by atoms with Crippen molar-refractivity contribution in [1.82, 2.24) is 0 Å². The molecule has 1 amide bonds. The van der Waals surface area contributed by atoms with Gasteiger partial charge in [-0.05, 0) is 41.3 Å². The molecule has 0 bridgehead atoms. The second-order valence-electron chi connectivity index (χ2n) is 6.76. The van der Waals surface area contributed by atoms with E-state index in [0.717, 1.165) is 21.7 Å². The molecule has 0 saturated carbocycles. The molecule has 1 unspecified atom stereocenters. The quantitative estimate of drug-likeness (QED) is 0.679. The van der Waals surface area contributed by atoms with Gasteiger partial charge in [0, 0.05) is 4.90 Å². The van der Waals surface area contributed by atoms with Crippen molar-refractivity contribution >= 4 is 52.5 Å². The topological polar surface area (TPSA) is 57.6 Å². The van der Waals surface area contributed by atoms with Gasteiger partial charge in [0.15, 0.2) is 0 Å². The van der Waals surface area contributed by atoms with Crippen LogP contribution < -0.4 is 4.90 Å². The number of nitrogens with zero attached hydrogens (tertiary/aromatic N) is 1. The van der Waals surface area contributed by atoms with Gasteiger partial charge in [0.1, 0.15) is 0 Å². The molecule has 0 aliphatic carbocycles. The molecule has 1 N–H and O–H groups in total. The molecule has 1 atom stereocenters. The minimum atomic E-state index is -0.987. The molecular formula is C20H19Cl2NO3S. The SMILES string of the molecule is CC(C)c1ccc2c(c1)SC(CC(=O)O)C(=O)N2Cc1ccc(Cl)c(Cl)c1. The smallest absolute Gasteiger partial charge is 0.305 e. The number of carbonyl (C=O) groups is 2. The summed E-state index contributed by atoms with van der Waals surface area (Å²) in [5.41, 5.74) is 2.78. The van der Waals surface area contributed by atoms with Crippen molar-refractivity contribution in [2.24, 2.45) is 0 Å². The van der Waals surface area contributed by atoms with Gasteiger partial charge in [-0.15, -0.1) is 11.8 Å². The fraction of sp³-hybridized carbons (Fsp3) is 0.300. The number of carboxylic acid groups (broad SMARTS) is 1. The van der Waals surface area contributed by atoms with E-state index in [0.29, 0.717) is 22.5 Å². The number of rotatable bonds is 5. The summed E-state index contributed by atoms with van der Waals surface area (Å²) in [5, 5.41) is 9.42. The monoisotopic (exact) mass is 423 g/mol. The highest BCUT2D eigenvalue weighted by molar-refractivity contribution is 8.01. The van der Waals surface area contributed by atoms with Crippen molar-refractivity contribution in [3.8, 4) is 0 Å². The summed E-state index contributed by atoms with van der Waals surface area (Å²) in [4.78, 5) is 26.8. The first-order valence-electron chi connectivity index (χ1n) is 8.54. The molecule has 3 rings (SSSR count). The fourth-order valence-electron chi connectivity index (χ4n) is 2.97. The average molecular weight is 424 g/mol. The molecular weight excluding hydrogens is 405 g/mol. The number of anilines is 1. The third kappa shape index (κ3) is 4.42. The van der Waals surface area contributed by atoms with Crippen LogP contribution in [0.25, 0.3) is 0 Å². The van der Waals surface area contributed by atoms with E-state index in [1.165, 1.54) is 11.8 Å². The Labute approximate surface area is 172 Å².